The van der Waals surface area contributed by atoms with E-state index < -0.39 is 0 Å². The van der Waals surface area contributed by atoms with E-state index in [9.17, 15) is 0 Å². The van der Waals surface area contributed by atoms with Gasteiger partial charge < -0.3 is 15.1 Å². The van der Waals surface area contributed by atoms with E-state index in [1.54, 1.807) is 0 Å². The van der Waals surface area contributed by atoms with E-state index >= 15 is 0 Å². The fourth-order valence-corrected chi connectivity index (χ4v) is 3.27. The van der Waals surface area contributed by atoms with E-state index in [0.717, 1.165) is 62.3 Å². The molecule has 1 aromatic heterocycles. The van der Waals surface area contributed by atoms with Crippen molar-refractivity contribution in [3.8, 4) is 0 Å². The molecule has 1 fully saturated rings. The molecule has 0 unspecified atom stereocenters. The zero-order valence-electron chi connectivity index (χ0n) is 13.6. The number of hydrogen-bond acceptors (Lipinski definition) is 4. The first kappa shape index (κ1) is 15.5. The van der Waals surface area contributed by atoms with Crippen molar-refractivity contribution in [2.24, 2.45) is 5.73 Å². The van der Waals surface area contributed by atoms with Gasteiger partial charge in [-0.3, -0.25) is 0 Å². The van der Waals surface area contributed by atoms with Gasteiger partial charge in [-0.1, -0.05) is 13.0 Å². The number of nitrogens with zero attached hydrogens (tertiary/aromatic N) is 2. The predicted octanol–water partition coefficient (Wildman–Crippen LogP) is 3.31. The van der Waals surface area contributed by atoms with Crippen LogP contribution in [0.5, 0.6) is 0 Å². The van der Waals surface area contributed by atoms with E-state index in [0.29, 0.717) is 5.92 Å². The van der Waals surface area contributed by atoms with Gasteiger partial charge in [0.1, 0.15) is 5.52 Å². The third-order valence-electron chi connectivity index (χ3n) is 4.74. The predicted molar refractivity (Wildman–Crippen MR) is 90.1 cm³/mol. The SMILES string of the molecule is CCc1ccc2oc(C3CCN(CCCCN)CC3)nc2c1. The number of benzene rings is 1. The zero-order valence-corrected chi connectivity index (χ0v) is 13.6. The minimum atomic E-state index is 0.475. The molecule has 2 N–H and O–H groups in total. The Kier molecular flexibility index (Phi) is 5.11. The molecule has 2 aromatic rings. The average molecular weight is 301 g/mol. The third kappa shape index (κ3) is 3.50. The summed E-state index contributed by atoms with van der Waals surface area (Å²) in [7, 11) is 0. The molecule has 2 heterocycles. The minimum Gasteiger partial charge on any atom is -0.440 e. The second-order valence-corrected chi connectivity index (χ2v) is 6.32. The van der Waals surface area contributed by atoms with Crippen molar-refractivity contribution >= 4 is 11.1 Å². The van der Waals surface area contributed by atoms with Gasteiger partial charge in [-0.15, -0.1) is 0 Å². The van der Waals surface area contributed by atoms with E-state index in [4.69, 9.17) is 15.1 Å². The fourth-order valence-electron chi connectivity index (χ4n) is 3.27. The Balaban J connectivity index is 1.61. The molecule has 120 valence electrons. The second kappa shape index (κ2) is 7.25. The first-order valence-corrected chi connectivity index (χ1v) is 8.62. The zero-order chi connectivity index (χ0) is 15.4. The van der Waals surface area contributed by atoms with Crippen LogP contribution in [-0.4, -0.2) is 36.1 Å². The molecule has 0 spiro atoms. The molecule has 0 bridgehead atoms. The Labute approximate surface area is 132 Å². The van der Waals surface area contributed by atoms with Crippen molar-refractivity contribution in [3.05, 3.63) is 29.7 Å². The molecule has 4 heteroatoms. The van der Waals surface area contributed by atoms with E-state index in [-0.39, 0.29) is 0 Å². The van der Waals surface area contributed by atoms with Crippen LogP contribution in [0.15, 0.2) is 22.6 Å². The monoisotopic (exact) mass is 301 g/mol. The van der Waals surface area contributed by atoms with Gasteiger partial charge in [0.15, 0.2) is 11.5 Å². The summed E-state index contributed by atoms with van der Waals surface area (Å²) >= 11 is 0. The Hall–Kier alpha value is -1.39. The van der Waals surface area contributed by atoms with Crippen molar-refractivity contribution in [1.29, 1.82) is 0 Å². The first-order chi connectivity index (χ1) is 10.8. The summed E-state index contributed by atoms with van der Waals surface area (Å²) in [5, 5.41) is 0. The van der Waals surface area contributed by atoms with Crippen LogP contribution in [0.4, 0.5) is 0 Å². The summed E-state index contributed by atoms with van der Waals surface area (Å²) in [5.74, 6) is 1.41. The molecule has 22 heavy (non-hydrogen) atoms. The van der Waals surface area contributed by atoms with Crippen molar-refractivity contribution in [3.63, 3.8) is 0 Å². The molecule has 0 saturated carbocycles. The van der Waals surface area contributed by atoms with E-state index in [2.05, 4.69) is 30.0 Å². The van der Waals surface area contributed by atoms with Crippen LogP contribution >= 0.6 is 0 Å². The normalized spacial score (nSPS) is 17.4. The molecule has 0 aliphatic carbocycles. The number of fused-ring (bicyclic) bond motifs is 1. The molecular formula is C18H27N3O. The molecule has 0 radical (unpaired) electrons. The number of aryl methyl sites for hydroxylation is 1. The van der Waals surface area contributed by atoms with Crippen LogP contribution in [0.2, 0.25) is 0 Å². The quantitative estimate of drug-likeness (QED) is 0.832. The molecule has 1 aromatic carbocycles. The summed E-state index contributed by atoms with van der Waals surface area (Å²) in [5.41, 5.74) is 8.82. The van der Waals surface area contributed by atoms with Crippen molar-refractivity contribution < 1.29 is 4.42 Å². The molecule has 1 aliphatic heterocycles. The Morgan fingerprint density at radius 3 is 2.82 bits per heavy atom. The number of hydrogen-bond donors (Lipinski definition) is 1. The van der Waals surface area contributed by atoms with Gasteiger partial charge in [-0.25, -0.2) is 4.98 Å². The topological polar surface area (TPSA) is 55.3 Å². The molecule has 4 nitrogen and oxygen atoms in total. The van der Waals surface area contributed by atoms with Crippen LogP contribution in [0.1, 0.15) is 50.0 Å². The number of oxazole rings is 1. The van der Waals surface area contributed by atoms with Crippen LogP contribution in [0, 0.1) is 0 Å². The van der Waals surface area contributed by atoms with Gasteiger partial charge in [0.25, 0.3) is 0 Å². The Morgan fingerprint density at radius 2 is 2.09 bits per heavy atom. The molecule has 1 aliphatic rings. The lowest BCUT2D eigenvalue weighted by atomic mass is 9.96. The number of nitrogens with two attached hydrogens (primary N) is 1. The highest BCUT2D eigenvalue weighted by molar-refractivity contribution is 5.73. The molecular weight excluding hydrogens is 274 g/mol. The van der Waals surface area contributed by atoms with Crippen LogP contribution in [0.25, 0.3) is 11.1 Å². The van der Waals surface area contributed by atoms with Gasteiger partial charge in [0.2, 0.25) is 0 Å². The maximum atomic E-state index is 5.99. The molecule has 0 amide bonds. The van der Waals surface area contributed by atoms with Crippen molar-refractivity contribution in [1.82, 2.24) is 9.88 Å². The number of unbranched alkanes of at least 4 members (excludes halogenated alkanes) is 1. The smallest absolute Gasteiger partial charge is 0.198 e. The van der Waals surface area contributed by atoms with Gasteiger partial charge in [0.05, 0.1) is 0 Å². The van der Waals surface area contributed by atoms with Gasteiger partial charge in [-0.2, -0.15) is 0 Å². The van der Waals surface area contributed by atoms with Crippen LogP contribution in [0.3, 0.4) is 0 Å². The van der Waals surface area contributed by atoms with Gasteiger partial charge in [-0.05, 0) is 76.0 Å². The molecule has 0 atom stereocenters. The summed E-state index contributed by atoms with van der Waals surface area (Å²) in [6.07, 6.45) is 5.68. The largest absolute Gasteiger partial charge is 0.440 e. The Bertz CT molecular complexity index is 599. The molecule has 3 rings (SSSR count). The summed E-state index contributed by atoms with van der Waals surface area (Å²) in [4.78, 5) is 7.29. The van der Waals surface area contributed by atoms with Crippen LogP contribution < -0.4 is 5.73 Å². The highest BCUT2D eigenvalue weighted by Crippen LogP contribution is 2.30. The van der Waals surface area contributed by atoms with Gasteiger partial charge in [0, 0.05) is 5.92 Å². The lowest BCUT2D eigenvalue weighted by molar-refractivity contribution is 0.198. The van der Waals surface area contributed by atoms with E-state index in [1.165, 1.54) is 18.5 Å². The van der Waals surface area contributed by atoms with Crippen molar-refractivity contribution in [2.75, 3.05) is 26.2 Å². The fraction of sp³-hybridized carbons (Fsp3) is 0.611. The highest BCUT2D eigenvalue weighted by atomic mass is 16.3. The summed E-state index contributed by atoms with van der Waals surface area (Å²) in [6.45, 7) is 6.45. The third-order valence-corrected chi connectivity index (χ3v) is 4.74. The lowest BCUT2D eigenvalue weighted by Gasteiger charge is -2.30. The first-order valence-electron chi connectivity index (χ1n) is 8.62. The van der Waals surface area contributed by atoms with E-state index in [1.807, 2.05) is 0 Å². The summed E-state index contributed by atoms with van der Waals surface area (Å²) < 4.78 is 5.99. The average Bonchev–Trinajstić information content (AvgIpc) is 2.98. The van der Waals surface area contributed by atoms with Gasteiger partial charge >= 0.3 is 0 Å². The molecule has 1 saturated heterocycles. The number of likely N-dealkylation sites (tertiary alicyclic amines) is 1. The summed E-state index contributed by atoms with van der Waals surface area (Å²) in [6, 6.07) is 6.36. The maximum Gasteiger partial charge on any atom is 0.198 e. The maximum absolute atomic E-state index is 5.99. The highest BCUT2D eigenvalue weighted by Gasteiger charge is 2.24. The van der Waals surface area contributed by atoms with Crippen LogP contribution in [-0.2, 0) is 6.42 Å². The second-order valence-electron chi connectivity index (χ2n) is 6.32. The number of aromatic nitrogens is 1. The lowest BCUT2D eigenvalue weighted by Crippen LogP contribution is -2.33. The number of piperidine rings is 1. The van der Waals surface area contributed by atoms with Crippen molar-refractivity contribution in [2.45, 2.75) is 44.9 Å². The minimum absolute atomic E-state index is 0.475. The standard InChI is InChI=1S/C18H27N3O/c1-2-14-5-6-17-16(13-14)20-18(22-17)15-7-11-21(12-8-15)10-4-3-9-19/h5-6,13,15H,2-4,7-12,19H2,1H3. The number of rotatable bonds is 6. The Morgan fingerprint density at radius 1 is 1.27 bits per heavy atom.